The average Bonchev–Trinajstić information content (AvgIpc) is 1.90. The van der Waals surface area contributed by atoms with E-state index in [1.807, 2.05) is 0 Å². The van der Waals surface area contributed by atoms with Gasteiger partial charge in [-0.3, -0.25) is 0 Å². The molecule has 1 rings (SSSR count). The number of azo groups is 1. The molecular weight excluding hydrogens is 112 g/mol. The van der Waals surface area contributed by atoms with E-state index in [1.165, 1.54) is 0 Å². The van der Waals surface area contributed by atoms with Crippen molar-refractivity contribution in [2.75, 3.05) is 6.54 Å². The Balaban J connectivity index is 2.58. The largest absolute Gasteiger partial charge is 0.189 e. The molecule has 0 aromatic heterocycles. The van der Waals surface area contributed by atoms with E-state index in [1.54, 1.807) is 0 Å². The zero-order chi connectivity index (χ0) is 6.69. The molecule has 1 aliphatic rings. The molecule has 0 radical (unpaired) electrons. The summed E-state index contributed by atoms with van der Waals surface area (Å²) in [7, 11) is 0. The van der Waals surface area contributed by atoms with Crippen LogP contribution in [0.4, 0.5) is 0 Å². The van der Waals surface area contributed by atoms with Gasteiger partial charge in [-0.05, 0) is 12.3 Å². The first kappa shape index (κ1) is 6.46. The SMILES string of the molecule is CC(C)C1=CCCN=N1. The molecule has 1 aliphatic heterocycles. The van der Waals surface area contributed by atoms with Crippen LogP contribution in [0.5, 0.6) is 0 Å². The second-order valence-electron chi connectivity index (χ2n) is 2.54. The van der Waals surface area contributed by atoms with Gasteiger partial charge in [0.05, 0.1) is 12.2 Å². The number of hydrogen-bond acceptors (Lipinski definition) is 2. The van der Waals surface area contributed by atoms with E-state index in [4.69, 9.17) is 0 Å². The van der Waals surface area contributed by atoms with Crippen molar-refractivity contribution in [1.29, 1.82) is 0 Å². The van der Waals surface area contributed by atoms with Gasteiger partial charge < -0.3 is 0 Å². The van der Waals surface area contributed by atoms with Gasteiger partial charge in [0.15, 0.2) is 0 Å². The van der Waals surface area contributed by atoms with Crippen molar-refractivity contribution >= 4 is 0 Å². The van der Waals surface area contributed by atoms with Crippen LogP contribution in [-0.4, -0.2) is 6.54 Å². The summed E-state index contributed by atoms with van der Waals surface area (Å²) in [6.07, 6.45) is 3.23. The molecule has 0 aliphatic carbocycles. The maximum atomic E-state index is 4.02. The highest BCUT2D eigenvalue weighted by Gasteiger charge is 2.02. The molecule has 0 bridgehead atoms. The molecule has 0 aromatic carbocycles. The van der Waals surface area contributed by atoms with E-state index in [0.717, 1.165) is 18.7 Å². The summed E-state index contributed by atoms with van der Waals surface area (Å²) in [6, 6.07) is 0. The summed E-state index contributed by atoms with van der Waals surface area (Å²) in [6.45, 7) is 5.14. The molecular formula is C7H12N2. The van der Waals surface area contributed by atoms with Gasteiger partial charge in [0.25, 0.3) is 0 Å². The lowest BCUT2D eigenvalue weighted by atomic mass is 10.1. The molecule has 2 heteroatoms. The fourth-order valence-electron chi connectivity index (χ4n) is 0.794. The topological polar surface area (TPSA) is 24.7 Å². The van der Waals surface area contributed by atoms with Crippen molar-refractivity contribution in [3.63, 3.8) is 0 Å². The molecule has 0 aromatic rings. The lowest BCUT2D eigenvalue weighted by molar-refractivity contribution is 0.698. The van der Waals surface area contributed by atoms with E-state index < -0.39 is 0 Å². The number of nitrogens with zero attached hydrogens (tertiary/aromatic N) is 2. The van der Waals surface area contributed by atoms with Crippen molar-refractivity contribution in [2.45, 2.75) is 20.3 Å². The highest BCUT2D eigenvalue weighted by molar-refractivity contribution is 5.03. The Hall–Kier alpha value is -0.660. The van der Waals surface area contributed by atoms with Gasteiger partial charge >= 0.3 is 0 Å². The molecule has 0 unspecified atom stereocenters. The van der Waals surface area contributed by atoms with Crippen molar-refractivity contribution < 1.29 is 0 Å². The first-order chi connectivity index (χ1) is 4.30. The third kappa shape index (κ3) is 1.63. The van der Waals surface area contributed by atoms with E-state index in [0.29, 0.717) is 5.92 Å². The third-order valence-corrected chi connectivity index (χ3v) is 1.36. The molecule has 50 valence electrons. The summed E-state index contributed by atoms with van der Waals surface area (Å²) < 4.78 is 0. The molecule has 0 N–H and O–H groups in total. The van der Waals surface area contributed by atoms with Crippen LogP contribution in [0.15, 0.2) is 22.0 Å². The quantitative estimate of drug-likeness (QED) is 0.512. The summed E-state index contributed by atoms with van der Waals surface area (Å²) in [5, 5.41) is 7.95. The Morgan fingerprint density at radius 3 is 2.67 bits per heavy atom. The highest BCUT2D eigenvalue weighted by atomic mass is 15.1. The molecule has 2 nitrogen and oxygen atoms in total. The van der Waals surface area contributed by atoms with Crippen LogP contribution in [0.25, 0.3) is 0 Å². The standard InChI is InChI=1S/C7H12N2/c1-6(2)7-4-3-5-8-9-7/h4,6H,3,5H2,1-2H3. The van der Waals surface area contributed by atoms with Crippen molar-refractivity contribution in [3.8, 4) is 0 Å². The average molecular weight is 124 g/mol. The van der Waals surface area contributed by atoms with Crippen LogP contribution in [0, 0.1) is 5.92 Å². The van der Waals surface area contributed by atoms with Gasteiger partial charge in [-0.15, -0.1) is 0 Å². The lowest BCUT2D eigenvalue weighted by Crippen LogP contribution is -1.94. The Morgan fingerprint density at radius 1 is 1.56 bits per heavy atom. The minimum atomic E-state index is 0.536. The Kier molecular flexibility index (Phi) is 1.98. The van der Waals surface area contributed by atoms with Crippen molar-refractivity contribution in [2.24, 2.45) is 16.1 Å². The molecule has 9 heavy (non-hydrogen) atoms. The maximum Gasteiger partial charge on any atom is 0.0638 e. The van der Waals surface area contributed by atoms with Crippen LogP contribution < -0.4 is 0 Å². The van der Waals surface area contributed by atoms with Crippen LogP contribution in [0.3, 0.4) is 0 Å². The number of hydrogen-bond donors (Lipinski definition) is 0. The lowest BCUT2D eigenvalue weighted by Gasteiger charge is -2.06. The fraction of sp³-hybridized carbons (Fsp3) is 0.714. The molecule has 1 heterocycles. The first-order valence-electron chi connectivity index (χ1n) is 3.38. The van der Waals surface area contributed by atoms with Crippen LogP contribution in [0.2, 0.25) is 0 Å². The molecule has 0 saturated carbocycles. The van der Waals surface area contributed by atoms with E-state index in [2.05, 4.69) is 30.2 Å². The van der Waals surface area contributed by atoms with Crippen LogP contribution in [0.1, 0.15) is 20.3 Å². The maximum absolute atomic E-state index is 4.02. The smallest absolute Gasteiger partial charge is 0.0638 e. The zero-order valence-corrected chi connectivity index (χ0v) is 5.96. The minimum Gasteiger partial charge on any atom is -0.189 e. The molecule has 0 amide bonds. The van der Waals surface area contributed by atoms with Crippen LogP contribution >= 0.6 is 0 Å². The molecule has 0 fully saturated rings. The highest BCUT2D eigenvalue weighted by Crippen LogP contribution is 2.15. The van der Waals surface area contributed by atoms with Gasteiger partial charge in [-0.25, -0.2) is 0 Å². The Bertz CT molecular complexity index is 145. The summed E-state index contributed by atoms with van der Waals surface area (Å²) in [4.78, 5) is 0. The fourth-order valence-corrected chi connectivity index (χ4v) is 0.794. The second kappa shape index (κ2) is 2.76. The number of rotatable bonds is 1. The van der Waals surface area contributed by atoms with E-state index in [-0.39, 0.29) is 0 Å². The van der Waals surface area contributed by atoms with E-state index >= 15 is 0 Å². The van der Waals surface area contributed by atoms with Gasteiger partial charge in [0.2, 0.25) is 0 Å². The predicted octanol–water partition coefficient (Wildman–Crippen LogP) is 2.38. The summed E-state index contributed by atoms with van der Waals surface area (Å²) in [5.74, 6) is 0.536. The Labute approximate surface area is 55.7 Å². The predicted molar refractivity (Wildman–Crippen MR) is 37.3 cm³/mol. The first-order valence-corrected chi connectivity index (χ1v) is 3.38. The van der Waals surface area contributed by atoms with E-state index in [9.17, 15) is 0 Å². The summed E-state index contributed by atoms with van der Waals surface area (Å²) >= 11 is 0. The number of allylic oxidation sites excluding steroid dienone is 1. The minimum absolute atomic E-state index is 0.536. The Morgan fingerprint density at radius 2 is 2.33 bits per heavy atom. The van der Waals surface area contributed by atoms with Gasteiger partial charge in [-0.2, -0.15) is 10.2 Å². The van der Waals surface area contributed by atoms with Gasteiger partial charge in [0, 0.05) is 0 Å². The second-order valence-corrected chi connectivity index (χ2v) is 2.54. The van der Waals surface area contributed by atoms with Crippen LogP contribution in [-0.2, 0) is 0 Å². The third-order valence-electron chi connectivity index (χ3n) is 1.36. The molecule has 0 spiro atoms. The van der Waals surface area contributed by atoms with Crippen molar-refractivity contribution in [1.82, 2.24) is 0 Å². The monoisotopic (exact) mass is 124 g/mol. The zero-order valence-electron chi connectivity index (χ0n) is 5.96. The molecule has 0 saturated heterocycles. The van der Waals surface area contributed by atoms with Crippen molar-refractivity contribution in [3.05, 3.63) is 11.8 Å². The molecule has 0 atom stereocenters. The van der Waals surface area contributed by atoms with Gasteiger partial charge in [0.1, 0.15) is 0 Å². The van der Waals surface area contributed by atoms with Gasteiger partial charge in [-0.1, -0.05) is 19.9 Å². The summed E-state index contributed by atoms with van der Waals surface area (Å²) in [5.41, 5.74) is 1.14. The normalized spacial score (nSPS) is 18.3.